The van der Waals surface area contributed by atoms with Gasteiger partial charge in [-0.15, -0.1) is 0 Å². The molecule has 26 heavy (non-hydrogen) atoms. The lowest BCUT2D eigenvalue weighted by Gasteiger charge is -2.12. The number of pyridine rings is 1. The Morgan fingerprint density at radius 2 is 1.50 bits per heavy atom. The maximum absolute atomic E-state index is 12.3. The molecule has 3 aromatic rings. The van der Waals surface area contributed by atoms with E-state index in [4.69, 9.17) is 0 Å². The molecule has 0 unspecified atom stereocenters. The fraction of sp³-hybridized carbons (Fsp3) is 0.0952. The highest BCUT2D eigenvalue weighted by molar-refractivity contribution is 6.07. The summed E-state index contributed by atoms with van der Waals surface area (Å²) in [6.45, 7) is 0. The first-order chi connectivity index (χ1) is 12.7. The molecular formula is C21H19N3O2. The van der Waals surface area contributed by atoms with Crippen LogP contribution in [0.4, 0.5) is 11.4 Å². The lowest BCUT2D eigenvalue weighted by atomic mass is 10.1. The molecule has 5 heteroatoms. The lowest BCUT2D eigenvalue weighted by molar-refractivity contribution is -0.116. The van der Waals surface area contributed by atoms with E-state index in [1.165, 1.54) is 6.20 Å². The van der Waals surface area contributed by atoms with Crippen LogP contribution < -0.4 is 10.6 Å². The van der Waals surface area contributed by atoms with Crippen molar-refractivity contribution in [1.29, 1.82) is 0 Å². The number of anilines is 2. The van der Waals surface area contributed by atoms with Crippen molar-refractivity contribution in [1.82, 2.24) is 4.98 Å². The van der Waals surface area contributed by atoms with Crippen molar-refractivity contribution < 1.29 is 9.59 Å². The Kier molecular flexibility index (Phi) is 5.72. The minimum absolute atomic E-state index is 0.100. The number of amides is 2. The number of nitrogens with one attached hydrogen (secondary N) is 2. The molecule has 0 bridgehead atoms. The van der Waals surface area contributed by atoms with Crippen LogP contribution in [0.15, 0.2) is 79.1 Å². The number of carbonyl (C=O) groups is 2. The van der Waals surface area contributed by atoms with E-state index < -0.39 is 0 Å². The van der Waals surface area contributed by atoms with Gasteiger partial charge in [-0.1, -0.05) is 42.5 Å². The van der Waals surface area contributed by atoms with Gasteiger partial charge in [-0.05, 0) is 36.2 Å². The van der Waals surface area contributed by atoms with Gasteiger partial charge in [0.15, 0.2) is 0 Å². The molecule has 3 rings (SSSR count). The van der Waals surface area contributed by atoms with Crippen LogP contribution in [0.5, 0.6) is 0 Å². The van der Waals surface area contributed by atoms with Gasteiger partial charge in [-0.2, -0.15) is 0 Å². The van der Waals surface area contributed by atoms with Gasteiger partial charge >= 0.3 is 0 Å². The molecule has 5 nitrogen and oxygen atoms in total. The van der Waals surface area contributed by atoms with Crippen molar-refractivity contribution in [2.45, 2.75) is 12.8 Å². The van der Waals surface area contributed by atoms with Crippen molar-refractivity contribution in [2.24, 2.45) is 0 Å². The summed E-state index contributed by atoms with van der Waals surface area (Å²) in [7, 11) is 0. The van der Waals surface area contributed by atoms with E-state index in [0.29, 0.717) is 29.8 Å². The van der Waals surface area contributed by atoms with E-state index in [-0.39, 0.29) is 11.8 Å². The van der Waals surface area contributed by atoms with Gasteiger partial charge in [-0.25, -0.2) is 0 Å². The maximum Gasteiger partial charge on any atom is 0.257 e. The highest BCUT2D eigenvalue weighted by atomic mass is 16.2. The van der Waals surface area contributed by atoms with Crippen LogP contribution in [-0.2, 0) is 11.2 Å². The second kappa shape index (κ2) is 8.58. The van der Waals surface area contributed by atoms with Crippen molar-refractivity contribution in [2.75, 3.05) is 10.6 Å². The molecule has 2 aromatic carbocycles. The van der Waals surface area contributed by atoms with E-state index in [2.05, 4.69) is 15.6 Å². The number of para-hydroxylation sites is 2. The average Bonchev–Trinajstić information content (AvgIpc) is 2.69. The zero-order valence-electron chi connectivity index (χ0n) is 14.2. The van der Waals surface area contributed by atoms with Crippen molar-refractivity contribution in [3.8, 4) is 0 Å². The molecule has 2 amide bonds. The Bertz CT molecular complexity index is 880. The van der Waals surface area contributed by atoms with Crippen molar-refractivity contribution in [3.05, 3.63) is 90.3 Å². The SMILES string of the molecule is O=C(CCc1ccccc1)Nc1ccccc1NC(=O)c1cccnc1. The summed E-state index contributed by atoms with van der Waals surface area (Å²) < 4.78 is 0. The molecule has 0 fully saturated rings. The summed E-state index contributed by atoms with van der Waals surface area (Å²) >= 11 is 0. The number of aromatic nitrogens is 1. The number of hydrogen-bond donors (Lipinski definition) is 2. The lowest BCUT2D eigenvalue weighted by Crippen LogP contribution is -2.17. The van der Waals surface area contributed by atoms with Gasteiger partial charge < -0.3 is 10.6 Å². The highest BCUT2D eigenvalue weighted by Gasteiger charge is 2.11. The minimum Gasteiger partial charge on any atom is -0.324 e. The Morgan fingerprint density at radius 3 is 2.19 bits per heavy atom. The third-order valence-electron chi connectivity index (χ3n) is 3.86. The average molecular weight is 345 g/mol. The molecule has 0 atom stereocenters. The summed E-state index contributed by atoms with van der Waals surface area (Å²) in [5, 5.41) is 5.68. The zero-order valence-corrected chi connectivity index (χ0v) is 14.2. The van der Waals surface area contributed by atoms with Crippen LogP contribution in [0.25, 0.3) is 0 Å². The summed E-state index contributed by atoms with van der Waals surface area (Å²) in [4.78, 5) is 28.5. The van der Waals surface area contributed by atoms with E-state index in [1.54, 1.807) is 36.5 Å². The Balaban J connectivity index is 1.63. The van der Waals surface area contributed by atoms with Gasteiger partial charge in [0, 0.05) is 18.8 Å². The Morgan fingerprint density at radius 1 is 0.808 bits per heavy atom. The number of benzene rings is 2. The van der Waals surface area contributed by atoms with Crippen molar-refractivity contribution >= 4 is 23.2 Å². The van der Waals surface area contributed by atoms with E-state index in [9.17, 15) is 9.59 Å². The number of rotatable bonds is 6. The topological polar surface area (TPSA) is 71.1 Å². The second-order valence-corrected chi connectivity index (χ2v) is 5.78. The van der Waals surface area contributed by atoms with Crippen LogP contribution in [0.3, 0.4) is 0 Å². The minimum atomic E-state index is -0.274. The first kappa shape index (κ1) is 17.4. The second-order valence-electron chi connectivity index (χ2n) is 5.78. The smallest absolute Gasteiger partial charge is 0.257 e. The van der Waals surface area contributed by atoms with Crippen LogP contribution in [-0.4, -0.2) is 16.8 Å². The van der Waals surface area contributed by atoms with Gasteiger partial charge in [0.1, 0.15) is 0 Å². The quantitative estimate of drug-likeness (QED) is 0.712. The molecule has 0 saturated carbocycles. The molecule has 0 aliphatic heterocycles. The predicted octanol–water partition coefficient (Wildman–Crippen LogP) is 3.91. The van der Waals surface area contributed by atoms with Crippen LogP contribution in [0.2, 0.25) is 0 Å². The number of aryl methyl sites for hydroxylation is 1. The molecule has 1 heterocycles. The third kappa shape index (κ3) is 4.77. The first-order valence-corrected chi connectivity index (χ1v) is 8.36. The van der Waals surface area contributed by atoms with E-state index >= 15 is 0 Å². The Hall–Kier alpha value is -3.47. The highest BCUT2D eigenvalue weighted by Crippen LogP contribution is 2.22. The standard InChI is InChI=1S/C21H19N3O2/c25-20(13-12-16-7-2-1-3-8-16)23-18-10-4-5-11-19(18)24-21(26)17-9-6-14-22-15-17/h1-11,14-15H,12-13H2,(H,23,25)(H,24,26). The van der Waals surface area contributed by atoms with E-state index in [1.807, 2.05) is 36.4 Å². The summed E-state index contributed by atoms with van der Waals surface area (Å²) in [5.74, 6) is -0.374. The van der Waals surface area contributed by atoms with Gasteiger partial charge in [0.25, 0.3) is 5.91 Å². The van der Waals surface area contributed by atoms with Gasteiger partial charge in [-0.3, -0.25) is 14.6 Å². The number of carbonyl (C=O) groups excluding carboxylic acids is 2. The molecule has 0 spiro atoms. The van der Waals surface area contributed by atoms with Crippen molar-refractivity contribution in [3.63, 3.8) is 0 Å². The number of nitrogens with zero attached hydrogens (tertiary/aromatic N) is 1. The van der Waals surface area contributed by atoms with Gasteiger partial charge in [0.2, 0.25) is 5.91 Å². The largest absolute Gasteiger partial charge is 0.324 e. The monoisotopic (exact) mass is 345 g/mol. The van der Waals surface area contributed by atoms with E-state index in [0.717, 1.165) is 5.56 Å². The molecule has 0 radical (unpaired) electrons. The molecule has 0 saturated heterocycles. The normalized spacial score (nSPS) is 10.2. The van der Waals surface area contributed by atoms with Crippen LogP contribution in [0.1, 0.15) is 22.3 Å². The van der Waals surface area contributed by atoms with Crippen LogP contribution in [0, 0.1) is 0 Å². The Labute approximate surface area is 152 Å². The maximum atomic E-state index is 12.3. The summed E-state index contributed by atoms with van der Waals surface area (Å²) in [5.41, 5.74) is 2.69. The number of hydrogen-bond acceptors (Lipinski definition) is 3. The third-order valence-corrected chi connectivity index (χ3v) is 3.86. The molecule has 2 N–H and O–H groups in total. The molecule has 0 aliphatic carbocycles. The van der Waals surface area contributed by atoms with Crippen LogP contribution >= 0.6 is 0 Å². The zero-order chi connectivity index (χ0) is 18.2. The molecule has 1 aromatic heterocycles. The fourth-order valence-corrected chi connectivity index (χ4v) is 2.51. The summed E-state index contributed by atoms with van der Waals surface area (Å²) in [6.07, 6.45) is 4.14. The summed E-state index contributed by atoms with van der Waals surface area (Å²) in [6, 6.07) is 20.4. The first-order valence-electron chi connectivity index (χ1n) is 8.36. The molecule has 130 valence electrons. The van der Waals surface area contributed by atoms with Gasteiger partial charge in [0.05, 0.1) is 16.9 Å². The molecule has 0 aliphatic rings. The predicted molar refractivity (Wildman–Crippen MR) is 102 cm³/mol. The fourth-order valence-electron chi connectivity index (χ4n) is 2.51. The molecular weight excluding hydrogens is 326 g/mol.